The van der Waals surface area contributed by atoms with Gasteiger partial charge in [-0.3, -0.25) is 4.98 Å². The van der Waals surface area contributed by atoms with Gasteiger partial charge in [-0.15, -0.1) is 0 Å². The molecule has 1 saturated carbocycles. The lowest BCUT2D eigenvalue weighted by Gasteiger charge is -2.06. The maximum atomic E-state index is 9.19. The van der Waals surface area contributed by atoms with Crippen molar-refractivity contribution in [2.24, 2.45) is 0 Å². The zero-order valence-corrected chi connectivity index (χ0v) is 9.40. The molecule has 0 saturated heterocycles. The molecule has 0 radical (unpaired) electrons. The highest BCUT2D eigenvalue weighted by Gasteiger charge is 2.23. The number of hydrogen-bond donors (Lipinski definition) is 1. The van der Waals surface area contributed by atoms with Crippen molar-refractivity contribution in [3.05, 3.63) is 41.1 Å². The highest BCUT2D eigenvalue weighted by molar-refractivity contribution is 5.83. The number of aliphatic hydroxyl groups is 1. The summed E-state index contributed by atoms with van der Waals surface area (Å²) in [6.45, 7) is 2.15. The number of aliphatic hydroxyl groups excluding tert-OH is 1. The minimum absolute atomic E-state index is 0.102. The summed E-state index contributed by atoms with van der Waals surface area (Å²) < 4.78 is 0. The Morgan fingerprint density at radius 2 is 2.12 bits per heavy atom. The Bertz CT molecular complexity index is 544. The fraction of sp³-hybridized carbons (Fsp3) is 0.357. The lowest BCUT2D eigenvalue weighted by atomic mass is 10.0. The zero-order chi connectivity index (χ0) is 11.1. The largest absolute Gasteiger partial charge is 0.392 e. The highest BCUT2D eigenvalue weighted by atomic mass is 16.3. The molecular formula is C14H15NO. The van der Waals surface area contributed by atoms with Crippen molar-refractivity contribution in [1.29, 1.82) is 0 Å². The molecule has 16 heavy (non-hydrogen) atoms. The van der Waals surface area contributed by atoms with Crippen LogP contribution in [0.3, 0.4) is 0 Å². The Labute approximate surface area is 94.9 Å². The number of hydrogen-bond acceptors (Lipinski definition) is 2. The third kappa shape index (κ3) is 1.59. The van der Waals surface area contributed by atoms with Gasteiger partial charge in [0.15, 0.2) is 0 Å². The Morgan fingerprint density at radius 1 is 1.31 bits per heavy atom. The van der Waals surface area contributed by atoms with Crippen molar-refractivity contribution in [3.8, 4) is 0 Å². The quantitative estimate of drug-likeness (QED) is 0.832. The van der Waals surface area contributed by atoms with Crippen LogP contribution in [0.15, 0.2) is 24.4 Å². The monoisotopic (exact) mass is 213 g/mol. The predicted molar refractivity (Wildman–Crippen MR) is 64.4 cm³/mol. The predicted octanol–water partition coefficient (Wildman–Crippen LogP) is 2.91. The van der Waals surface area contributed by atoms with Crippen LogP contribution in [0, 0.1) is 6.92 Å². The second-order valence-electron chi connectivity index (χ2n) is 4.69. The van der Waals surface area contributed by atoms with Crippen LogP contribution < -0.4 is 0 Å². The molecule has 1 aliphatic carbocycles. The summed E-state index contributed by atoms with van der Waals surface area (Å²) in [6, 6.07) is 6.28. The standard InChI is InChI=1S/C14H15NO/c1-9-4-10(8-16)5-12-6-13(11-2-3-11)7-15-14(9)12/h4-7,11,16H,2-3,8H2,1H3. The average Bonchev–Trinajstić information content (AvgIpc) is 3.12. The van der Waals surface area contributed by atoms with Crippen LogP contribution >= 0.6 is 0 Å². The van der Waals surface area contributed by atoms with E-state index < -0.39 is 0 Å². The number of aryl methyl sites for hydroxylation is 1. The van der Waals surface area contributed by atoms with Crippen molar-refractivity contribution < 1.29 is 5.11 Å². The third-order valence-electron chi connectivity index (χ3n) is 3.29. The van der Waals surface area contributed by atoms with Crippen LogP contribution in [0.5, 0.6) is 0 Å². The zero-order valence-electron chi connectivity index (χ0n) is 9.40. The average molecular weight is 213 g/mol. The van der Waals surface area contributed by atoms with E-state index in [9.17, 15) is 5.11 Å². The summed E-state index contributed by atoms with van der Waals surface area (Å²) in [7, 11) is 0. The van der Waals surface area contributed by atoms with Crippen LogP contribution in [0.25, 0.3) is 10.9 Å². The Kier molecular flexibility index (Phi) is 2.18. The van der Waals surface area contributed by atoms with E-state index in [-0.39, 0.29) is 6.61 Å². The molecule has 0 atom stereocenters. The first-order valence-electron chi connectivity index (χ1n) is 5.78. The Balaban J connectivity index is 2.20. The number of aromatic nitrogens is 1. The molecular weight excluding hydrogens is 198 g/mol. The Morgan fingerprint density at radius 3 is 2.81 bits per heavy atom. The molecule has 0 aliphatic heterocycles. The fourth-order valence-electron chi connectivity index (χ4n) is 2.26. The van der Waals surface area contributed by atoms with Gasteiger partial charge in [-0.2, -0.15) is 0 Å². The molecule has 3 rings (SSSR count). The van der Waals surface area contributed by atoms with E-state index in [1.807, 2.05) is 25.3 Å². The van der Waals surface area contributed by atoms with Gasteiger partial charge >= 0.3 is 0 Å². The van der Waals surface area contributed by atoms with Gasteiger partial charge in [-0.25, -0.2) is 0 Å². The number of pyridine rings is 1. The van der Waals surface area contributed by atoms with E-state index in [2.05, 4.69) is 11.1 Å². The maximum Gasteiger partial charge on any atom is 0.0731 e. The highest BCUT2D eigenvalue weighted by Crippen LogP contribution is 2.40. The van der Waals surface area contributed by atoms with Gasteiger partial charge in [-0.05, 0) is 54.5 Å². The molecule has 1 fully saturated rings. The first-order chi connectivity index (χ1) is 7.78. The van der Waals surface area contributed by atoms with Gasteiger partial charge in [0, 0.05) is 11.6 Å². The van der Waals surface area contributed by atoms with Gasteiger partial charge in [0.1, 0.15) is 0 Å². The molecule has 0 spiro atoms. The number of fused-ring (bicyclic) bond motifs is 1. The minimum Gasteiger partial charge on any atom is -0.392 e. The van der Waals surface area contributed by atoms with Crippen LogP contribution in [0.4, 0.5) is 0 Å². The summed E-state index contributed by atoms with van der Waals surface area (Å²) in [5.74, 6) is 0.731. The van der Waals surface area contributed by atoms with Crippen molar-refractivity contribution in [3.63, 3.8) is 0 Å². The van der Waals surface area contributed by atoms with Gasteiger partial charge < -0.3 is 5.11 Å². The van der Waals surface area contributed by atoms with E-state index >= 15 is 0 Å². The molecule has 0 bridgehead atoms. The Hall–Kier alpha value is -1.41. The summed E-state index contributed by atoms with van der Waals surface area (Å²) >= 11 is 0. The molecule has 0 unspecified atom stereocenters. The fourth-order valence-corrected chi connectivity index (χ4v) is 2.26. The molecule has 1 N–H and O–H groups in total. The van der Waals surface area contributed by atoms with Crippen molar-refractivity contribution in [2.45, 2.75) is 32.3 Å². The second-order valence-corrected chi connectivity index (χ2v) is 4.69. The first-order valence-corrected chi connectivity index (χ1v) is 5.78. The van der Waals surface area contributed by atoms with Crippen molar-refractivity contribution in [2.75, 3.05) is 0 Å². The third-order valence-corrected chi connectivity index (χ3v) is 3.29. The maximum absolute atomic E-state index is 9.19. The molecule has 2 nitrogen and oxygen atoms in total. The van der Waals surface area contributed by atoms with Gasteiger partial charge in [0.25, 0.3) is 0 Å². The molecule has 1 heterocycles. The minimum atomic E-state index is 0.102. The van der Waals surface area contributed by atoms with Gasteiger partial charge in [0.05, 0.1) is 12.1 Å². The SMILES string of the molecule is Cc1cc(CO)cc2cc(C3CC3)cnc12. The normalized spacial score (nSPS) is 15.6. The van der Waals surface area contributed by atoms with Crippen LogP contribution in [0.1, 0.15) is 35.4 Å². The van der Waals surface area contributed by atoms with Crippen molar-refractivity contribution >= 4 is 10.9 Å². The number of benzene rings is 1. The van der Waals surface area contributed by atoms with Gasteiger partial charge in [-0.1, -0.05) is 6.07 Å². The van der Waals surface area contributed by atoms with E-state index in [0.29, 0.717) is 0 Å². The molecule has 1 aromatic carbocycles. The van der Waals surface area contributed by atoms with Crippen LogP contribution in [0.2, 0.25) is 0 Å². The molecule has 1 aromatic heterocycles. The number of rotatable bonds is 2. The van der Waals surface area contributed by atoms with Crippen LogP contribution in [-0.2, 0) is 6.61 Å². The lowest BCUT2D eigenvalue weighted by molar-refractivity contribution is 0.282. The van der Waals surface area contributed by atoms with E-state index in [0.717, 1.165) is 27.9 Å². The van der Waals surface area contributed by atoms with Crippen LogP contribution in [-0.4, -0.2) is 10.1 Å². The van der Waals surface area contributed by atoms with E-state index in [1.54, 1.807) is 0 Å². The summed E-state index contributed by atoms with van der Waals surface area (Å²) in [6.07, 6.45) is 4.60. The molecule has 2 aromatic rings. The van der Waals surface area contributed by atoms with Crippen molar-refractivity contribution in [1.82, 2.24) is 4.98 Å². The molecule has 1 aliphatic rings. The lowest BCUT2D eigenvalue weighted by Crippen LogP contribution is -1.91. The molecule has 0 amide bonds. The summed E-state index contributed by atoms with van der Waals surface area (Å²) in [4.78, 5) is 4.54. The second kappa shape index (κ2) is 3.56. The van der Waals surface area contributed by atoms with Gasteiger partial charge in [0.2, 0.25) is 0 Å². The summed E-state index contributed by atoms with van der Waals surface area (Å²) in [5, 5.41) is 10.4. The topological polar surface area (TPSA) is 33.1 Å². The summed E-state index contributed by atoms with van der Waals surface area (Å²) in [5.41, 5.74) is 4.52. The van der Waals surface area contributed by atoms with E-state index in [4.69, 9.17) is 0 Å². The van der Waals surface area contributed by atoms with E-state index in [1.165, 1.54) is 18.4 Å². The molecule has 2 heteroatoms. The molecule has 82 valence electrons. The first kappa shape index (κ1) is 9.79. The smallest absolute Gasteiger partial charge is 0.0731 e. The number of nitrogens with zero attached hydrogens (tertiary/aromatic N) is 1.